The Labute approximate surface area is 155 Å². The van der Waals surface area contributed by atoms with Gasteiger partial charge in [0.05, 0.1) is 5.92 Å². The van der Waals surface area contributed by atoms with E-state index in [4.69, 9.17) is 5.73 Å². The average Bonchev–Trinajstić information content (AvgIpc) is 3.09. The molecule has 1 fully saturated rings. The van der Waals surface area contributed by atoms with Gasteiger partial charge in [-0.05, 0) is 36.8 Å². The van der Waals surface area contributed by atoms with Gasteiger partial charge < -0.3 is 16.0 Å². The van der Waals surface area contributed by atoms with Gasteiger partial charge in [0.2, 0.25) is 17.7 Å². The zero-order valence-corrected chi connectivity index (χ0v) is 14.8. The second-order valence-corrected chi connectivity index (χ2v) is 6.47. The third-order valence-electron chi connectivity index (χ3n) is 4.64. The Balaban J connectivity index is 1.70. The first-order chi connectivity index (χ1) is 12.9. The number of carbonyl (C=O) groups excluding carboxylic acids is 3. The van der Waals surface area contributed by atoms with Gasteiger partial charge in [0.1, 0.15) is 6.04 Å². The van der Waals surface area contributed by atoms with Crippen molar-refractivity contribution in [2.24, 2.45) is 11.7 Å². The molecule has 0 bridgehead atoms. The summed E-state index contributed by atoms with van der Waals surface area (Å²) in [6.07, 6.45) is 1.87. The van der Waals surface area contributed by atoms with Crippen molar-refractivity contribution in [3.05, 3.63) is 59.0 Å². The highest BCUT2D eigenvalue weighted by atomic mass is 16.2. The molecule has 27 heavy (non-hydrogen) atoms. The van der Waals surface area contributed by atoms with Crippen molar-refractivity contribution in [1.82, 2.24) is 9.47 Å². The van der Waals surface area contributed by atoms with Crippen LogP contribution in [0.25, 0.3) is 5.69 Å². The lowest BCUT2D eigenvalue weighted by Gasteiger charge is -2.19. The summed E-state index contributed by atoms with van der Waals surface area (Å²) in [5.41, 5.74) is 6.42. The first-order valence-electron chi connectivity index (χ1n) is 8.52. The number of aromatic nitrogens is 1. The lowest BCUT2D eigenvalue weighted by Crippen LogP contribution is -2.42. The molecule has 2 aromatic rings. The Morgan fingerprint density at radius 1 is 1.11 bits per heavy atom. The standard InChI is InChI=1S/C19H20N4O4/c1-12(24)23-11-13(10-16(23)18(20)26)19(27)21-14-5-7-15(8-6-14)22-9-3-2-4-17(22)25/h2-9,13,16H,10-11H2,1H3,(H2,20,26)(H,21,27). The van der Waals surface area contributed by atoms with Crippen LogP contribution in [-0.2, 0) is 14.4 Å². The normalized spacial score (nSPS) is 18.9. The molecule has 0 saturated carbocycles. The fourth-order valence-corrected chi connectivity index (χ4v) is 3.23. The SMILES string of the molecule is CC(=O)N1CC(C(=O)Nc2ccc(-n3ccccc3=O)cc2)CC1C(N)=O. The molecular weight excluding hydrogens is 348 g/mol. The van der Waals surface area contributed by atoms with E-state index < -0.39 is 17.9 Å². The largest absolute Gasteiger partial charge is 0.368 e. The van der Waals surface area contributed by atoms with Crippen LogP contribution >= 0.6 is 0 Å². The van der Waals surface area contributed by atoms with Crippen LogP contribution in [0.15, 0.2) is 53.5 Å². The highest BCUT2D eigenvalue weighted by Gasteiger charge is 2.40. The lowest BCUT2D eigenvalue weighted by atomic mass is 10.0. The smallest absolute Gasteiger partial charge is 0.255 e. The molecule has 3 rings (SSSR count). The predicted molar refractivity (Wildman–Crippen MR) is 99.1 cm³/mol. The van der Waals surface area contributed by atoms with Gasteiger partial charge in [-0.25, -0.2) is 0 Å². The van der Waals surface area contributed by atoms with Crippen LogP contribution in [0, 0.1) is 5.92 Å². The maximum absolute atomic E-state index is 12.5. The Kier molecular flexibility index (Phi) is 5.07. The Morgan fingerprint density at radius 3 is 2.37 bits per heavy atom. The summed E-state index contributed by atoms with van der Waals surface area (Å²) >= 11 is 0. The summed E-state index contributed by atoms with van der Waals surface area (Å²) in [5.74, 6) is -1.69. The topological polar surface area (TPSA) is 114 Å². The third-order valence-corrected chi connectivity index (χ3v) is 4.64. The van der Waals surface area contributed by atoms with E-state index in [1.54, 1.807) is 42.6 Å². The second kappa shape index (κ2) is 7.45. The van der Waals surface area contributed by atoms with Crippen molar-refractivity contribution in [1.29, 1.82) is 0 Å². The third kappa shape index (κ3) is 3.89. The summed E-state index contributed by atoms with van der Waals surface area (Å²) in [5, 5.41) is 2.78. The maximum Gasteiger partial charge on any atom is 0.255 e. The van der Waals surface area contributed by atoms with Gasteiger partial charge in [-0.1, -0.05) is 6.07 Å². The summed E-state index contributed by atoms with van der Waals surface area (Å²) < 4.78 is 1.49. The molecule has 140 valence electrons. The first-order valence-corrected chi connectivity index (χ1v) is 8.52. The molecule has 1 aromatic heterocycles. The molecule has 8 heteroatoms. The van der Waals surface area contributed by atoms with Crippen molar-refractivity contribution in [3.63, 3.8) is 0 Å². The summed E-state index contributed by atoms with van der Waals surface area (Å²) in [6, 6.07) is 11.0. The molecular formula is C19H20N4O4. The number of primary amides is 1. The van der Waals surface area contributed by atoms with E-state index in [0.717, 1.165) is 0 Å². The number of likely N-dealkylation sites (tertiary alicyclic amines) is 1. The molecule has 2 heterocycles. The van der Waals surface area contributed by atoms with E-state index in [1.165, 1.54) is 22.5 Å². The number of amides is 3. The fraction of sp³-hybridized carbons (Fsp3) is 0.263. The zero-order chi connectivity index (χ0) is 19.6. The molecule has 3 N–H and O–H groups in total. The van der Waals surface area contributed by atoms with Crippen molar-refractivity contribution in [2.75, 3.05) is 11.9 Å². The monoisotopic (exact) mass is 368 g/mol. The van der Waals surface area contributed by atoms with Crippen LogP contribution in [0.5, 0.6) is 0 Å². The Bertz CT molecular complexity index is 913. The van der Waals surface area contributed by atoms with E-state index >= 15 is 0 Å². The van der Waals surface area contributed by atoms with Crippen LogP contribution in [0.4, 0.5) is 5.69 Å². The molecule has 0 spiro atoms. The number of benzene rings is 1. The van der Waals surface area contributed by atoms with Gasteiger partial charge in [0, 0.05) is 37.1 Å². The van der Waals surface area contributed by atoms with E-state index in [1.807, 2.05) is 0 Å². The molecule has 2 atom stereocenters. The maximum atomic E-state index is 12.5. The van der Waals surface area contributed by atoms with Crippen LogP contribution < -0.4 is 16.6 Å². The highest BCUT2D eigenvalue weighted by molar-refractivity contribution is 5.95. The molecule has 1 saturated heterocycles. The molecule has 3 amide bonds. The number of carbonyl (C=O) groups is 3. The molecule has 1 aliphatic rings. The minimum absolute atomic E-state index is 0.151. The fourth-order valence-electron chi connectivity index (χ4n) is 3.23. The van der Waals surface area contributed by atoms with E-state index in [0.29, 0.717) is 11.4 Å². The number of nitrogens with zero attached hydrogens (tertiary/aromatic N) is 2. The molecule has 2 unspecified atom stereocenters. The number of pyridine rings is 1. The summed E-state index contributed by atoms with van der Waals surface area (Å²) in [7, 11) is 0. The Morgan fingerprint density at radius 2 is 1.81 bits per heavy atom. The minimum Gasteiger partial charge on any atom is -0.368 e. The van der Waals surface area contributed by atoms with Crippen LogP contribution in [0.2, 0.25) is 0 Å². The molecule has 0 radical (unpaired) electrons. The van der Waals surface area contributed by atoms with Gasteiger partial charge in [-0.2, -0.15) is 0 Å². The predicted octanol–water partition coefficient (Wildman–Crippen LogP) is 0.498. The van der Waals surface area contributed by atoms with Crippen molar-refractivity contribution < 1.29 is 14.4 Å². The molecule has 8 nitrogen and oxygen atoms in total. The van der Waals surface area contributed by atoms with E-state index in [2.05, 4.69) is 5.32 Å². The number of hydrogen-bond donors (Lipinski definition) is 2. The molecule has 0 aliphatic carbocycles. The Hall–Kier alpha value is -3.42. The van der Waals surface area contributed by atoms with Crippen molar-refractivity contribution in [2.45, 2.75) is 19.4 Å². The molecule has 1 aliphatic heterocycles. The van der Waals surface area contributed by atoms with Crippen molar-refractivity contribution >= 4 is 23.4 Å². The highest BCUT2D eigenvalue weighted by Crippen LogP contribution is 2.25. The molecule has 1 aromatic carbocycles. The summed E-state index contributed by atoms with van der Waals surface area (Å²) in [4.78, 5) is 48.8. The zero-order valence-electron chi connectivity index (χ0n) is 14.8. The number of nitrogens with two attached hydrogens (primary N) is 1. The van der Waals surface area contributed by atoms with Crippen molar-refractivity contribution in [3.8, 4) is 5.69 Å². The average molecular weight is 368 g/mol. The van der Waals surface area contributed by atoms with E-state index in [-0.39, 0.29) is 30.3 Å². The van der Waals surface area contributed by atoms with Crippen LogP contribution in [0.1, 0.15) is 13.3 Å². The lowest BCUT2D eigenvalue weighted by molar-refractivity contribution is -0.135. The first kappa shape index (κ1) is 18.4. The van der Waals surface area contributed by atoms with Crippen LogP contribution in [0.3, 0.4) is 0 Å². The second-order valence-electron chi connectivity index (χ2n) is 6.47. The summed E-state index contributed by atoms with van der Waals surface area (Å²) in [6.45, 7) is 1.51. The van der Waals surface area contributed by atoms with Gasteiger partial charge >= 0.3 is 0 Å². The minimum atomic E-state index is -0.759. The number of anilines is 1. The van der Waals surface area contributed by atoms with E-state index in [9.17, 15) is 19.2 Å². The van der Waals surface area contributed by atoms with Crippen LogP contribution in [-0.4, -0.2) is 39.8 Å². The number of hydrogen-bond acceptors (Lipinski definition) is 4. The quantitative estimate of drug-likeness (QED) is 0.818. The van der Waals surface area contributed by atoms with Gasteiger partial charge in [-0.15, -0.1) is 0 Å². The van der Waals surface area contributed by atoms with Gasteiger partial charge in [-0.3, -0.25) is 23.7 Å². The van der Waals surface area contributed by atoms with Gasteiger partial charge in [0.25, 0.3) is 5.56 Å². The van der Waals surface area contributed by atoms with Gasteiger partial charge in [0.15, 0.2) is 0 Å². The number of rotatable bonds is 4. The number of nitrogens with one attached hydrogen (secondary N) is 1.